The van der Waals surface area contributed by atoms with Gasteiger partial charge in [-0.3, -0.25) is 19.2 Å². The van der Waals surface area contributed by atoms with E-state index in [0.717, 1.165) is 73.8 Å². The molecular weight excluding hydrogens is 475 g/mol. The van der Waals surface area contributed by atoms with Crippen molar-refractivity contribution in [3.05, 3.63) is 62.3 Å². The van der Waals surface area contributed by atoms with E-state index in [1.165, 1.54) is 6.07 Å². The molecule has 9 heteroatoms. The predicted molar refractivity (Wildman–Crippen MR) is 133 cm³/mol. The fourth-order valence-corrected chi connectivity index (χ4v) is 6.74. The maximum Gasteiger partial charge on any atom is 0.290 e. The molecule has 1 aromatic heterocycles. The van der Waals surface area contributed by atoms with Gasteiger partial charge in [0.15, 0.2) is 0 Å². The first-order chi connectivity index (χ1) is 17.9. The second-order valence-corrected chi connectivity index (χ2v) is 11.0. The van der Waals surface area contributed by atoms with Gasteiger partial charge in [-0.15, -0.1) is 0 Å². The summed E-state index contributed by atoms with van der Waals surface area (Å²) >= 11 is 0. The lowest BCUT2D eigenvalue weighted by Gasteiger charge is -2.34. The van der Waals surface area contributed by atoms with Crippen LogP contribution in [0.5, 0.6) is 0 Å². The Morgan fingerprint density at radius 1 is 0.973 bits per heavy atom. The molecule has 0 spiro atoms. The van der Waals surface area contributed by atoms with Crippen molar-refractivity contribution in [2.45, 2.75) is 76.3 Å². The van der Waals surface area contributed by atoms with Crippen molar-refractivity contribution in [1.82, 2.24) is 20.0 Å². The number of aromatic amines is 1. The number of ketones is 1. The number of nitrogens with one attached hydrogen (secondary N) is 1. The van der Waals surface area contributed by atoms with Crippen LogP contribution in [0.1, 0.15) is 77.7 Å². The van der Waals surface area contributed by atoms with Crippen molar-refractivity contribution in [1.29, 1.82) is 0 Å². The first-order valence-electron chi connectivity index (χ1n) is 13.4. The number of aromatic nitrogens is 2. The van der Waals surface area contributed by atoms with Crippen LogP contribution in [0.2, 0.25) is 0 Å². The normalized spacial score (nSPS) is 22.9. The molecule has 0 radical (unpaired) electrons. The topological polar surface area (TPSA) is 103 Å². The number of piperazine rings is 1. The molecule has 37 heavy (non-hydrogen) atoms. The third-order valence-electron chi connectivity index (χ3n) is 8.71. The largest absolute Gasteiger partial charge is 0.332 e. The van der Waals surface area contributed by atoms with Crippen LogP contribution in [0.4, 0.5) is 4.39 Å². The maximum atomic E-state index is 14.8. The lowest BCUT2D eigenvalue weighted by molar-refractivity contribution is -0.148. The van der Waals surface area contributed by atoms with Gasteiger partial charge in [0, 0.05) is 31.0 Å². The van der Waals surface area contributed by atoms with Gasteiger partial charge in [-0.25, -0.2) is 9.49 Å². The molecule has 1 aromatic carbocycles. The Kier molecular flexibility index (Phi) is 6.16. The number of fused-ring (bicyclic) bond motifs is 3. The monoisotopic (exact) mass is 506 g/mol. The number of H-pyrrole nitrogens is 1. The summed E-state index contributed by atoms with van der Waals surface area (Å²) in [6, 6.07) is 4.13. The quantitative estimate of drug-likeness (QED) is 0.628. The highest BCUT2D eigenvalue weighted by molar-refractivity contribution is 6.37. The molecule has 8 nitrogen and oxygen atoms in total. The smallest absolute Gasteiger partial charge is 0.290 e. The zero-order valence-corrected chi connectivity index (χ0v) is 20.8. The molecule has 1 N–H and O–H groups in total. The van der Waals surface area contributed by atoms with E-state index in [4.69, 9.17) is 0 Å². The summed E-state index contributed by atoms with van der Waals surface area (Å²) in [5.41, 5.74) is 3.13. The summed E-state index contributed by atoms with van der Waals surface area (Å²) in [6.45, 7) is 0.633. The van der Waals surface area contributed by atoms with Gasteiger partial charge in [-0.1, -0.05) is 18.9 Å². The van der Waals surface area contributed by atoms with Crippen molar-refractivity contribution in [2.24, 2.45) is 5.92 Å². The summed E-state index contributed by atoms with van der Waals surface area (Å²) in [7, 11) is 0. The van der Waals surface area contributed by atoms with Crippen LogP contribution in [0.25, 0.3) is 0 Å². The van der Waals surface area contributed by atoms with Crippen LogP contribution in [0.15, 0.2) is 23.0 Å². The fraction of sp³-hybridized carbons (Fsp3) is 0.536. The van der Waals surface area contributed by atoms with Gasteiger partial charge in [0.05, 0.1) is 23.3 Å². The number of hydrogen-bond acceptors (Lipinski definition) is 5. The van der Waals surface area contributed by atoms with Crippen molar-refractivity contribution in [2.75, 3.05) is 13.1 Å². The number of hydrogen-bond donors (Lipinski definition) is 1. The molecule has 3 heterocycles. The molecule has 194 valence electrons. The van der Waals surface area contributed by atoms with Gasteiger partial charge < -0.3 is 9.80 Å². The Balaban J connectivity index is 1.17. The number of nitrogens with zero attached hydrogens (tertiary/aromatic N) is 3. The second kappa shape index (κ2) is 9.50. The first-order valence-corrected chi connectivity index (χ1v) is 13.4. The molecule has 2 bridgehead atoms. The predicted octanol–water partition coefficient (Wildman–Crippen LogP) is 2.56. The average Bonchev–Trinajstić information content (AvgIpc) is 3.68. The number of rotatable bonds is 5. The van der Waals surface area contributed by atoms with Crippen LogP contribution in [-0.4, -0.2) is 62.8 Å². The van der Waals surface area contributed by atoms with Gasteiger partial charge in [-0.05, 0) is 68.2 Å². The van der Waals surface area contributed by atoms with Gasteiger partial charge in [-0.2, -0.15) is 5.10 Å². The average molecular weight is 507 g/mol. The van der Waals surface area contributed by atoms with Crippen LogP contribution in [0.3, 0.4) is 0 Å². The van der Waals surface area contributed by atoms with E-state index < -0.39 is 17.6 Å². The molecule has 2 aliphatic heterocycles. The van der Waals surface area contributed by atoms with Crippen molar-refractivity contribution >= 4 is 17.6 Å². The number of Topliss-reactive ketones (excluding diaryl/α,β-unsaturated/α-hetero) is 1. The van der Waals surface area contributed by atoms with Gasteiger partial charge in [0.1, 0.15) is 5.82 Å². The summed E-state index contributed by atoms with van der Waals surface area (Å²) < 4.78 is 14.8. The number of carbonyl (C=O) groups is 3. The van der Waals surface area contributed by atoms with Crippen LogP contribution >= 0.6 is 0 Å². The minimum atomic E-state index is -0.586. The Morgan fingerprint density at radius 2 is 1.68 bits per heavy atom. The number of halogens is 1. The summed E-state index contributed by atoms with van der Waals surface area (Å²) in [4.78, 5) is 54.4. The molecule has 2 saturated heterocycles. The zero-order chi connectivity index (χ0) is 25.7. The van der Waals surface area contributed by atoms with Gasteiger partial charge in [0.25, 0.3) is 17.4 Å². The Labute approximate surface area is 214 Å². The van der Waals surface area contributed by atoms with Crippen LogP contribution in [-0.2, 0) is 28.9 Å². The number of carbonyl (C=O) groups excluding carboxylic acids is 3. The molecule has 2 atom stereocenters. The van der Waals surface area contributed by atoms with Gasteiger partial charge in [0.2, 0.25) is 5.78 Å². The van der Waals surface area contributed by atoms with E-state index in [0.29, 0.717) is 25.9 Å². The Morgan fingerprint density at radius 3 is 2.41 bits per heavy atom. The van der Waals surface area contributed by atoms with E-state index in [-0.39, 0.29) is 34.9 Å². The Bertz CT molecular complexity index is 1330. The maximum absolute atomic E-state index is 14.8. The molecule has 2 amide bonds. The van der Waals surface area contributed by atoms with Crippen LogP contribution < -0.4 is 5.56 Å². The molecule has 3 fully saturated rings. The highest BCUT2D eigenvalue weighted by Crippen LogP contribution is 2.34. The number of benzene rings is 1. The number of likely N-dealkylation sites (tertiary alicyclic amines) is 2. The third kappa shape index (κ3) is 4.28. The molecule has 1 saturated carbocycles. The fourth-order valence-electron chi connectivity index (χ4n) is 6.74. The summed E-state index contributed by atoms with van der Waals surface area (Å²) in [6.07, 6.45) is 8.06. The molecule has 6 rings (SSSR count). The highest BCUT2D eigenvalue weighted by atomic mass is 19.1. The minimum Gasteiger partial charge on any atom is -0.332 e. The third-order valence-corrected chi connectivity index (χ3v) is 8.71. The number of amides is 2. The van der Waals surface area contributed by atoms with Crippen molar-refractivity contribution < 1.29 is 18.8 Å². The SMILES string of the molecule is O=C(C(=O)N1C[C@@H]2C[C@@H]1CN2C(=O)c1cc(Cc2n[nH]c(=O)c3c2CCCC3)ccc1F)C1CCCC1. The molecule has 2 aromatic rings. The lowest BCUT2D eigenvalue weighted by Crippen LogP contribution is -2.52. The molecule has 0 unspecified atom stereocenters. The summed E-state index contributed by atoms with van der Waals surface area (Å²) in [5, 5.41) is 6.86. The second-order valence-electron chi connectivity index (χ2n) is 11.0. The van der Waals surface area contributed by atoms with E-state index in [2.05, 4.69) is 10.2 Å². The van der Waals surface area contributed by atoms with Crippen molar-refractivity contribution in [3.63, 3.8) is 0 Å². The standard InChI is InChI=1S/C28H31FN4O4/c29-23-10-9-16(12-24-20-7-3-4-8-21(20)26(35)31-30-24)11-22(23)27(36)32-14-19-13-18(32)15-33(19)28(37)25(34)17-5-1-2-6-17/h9-11,17-19H,1-8,12-15H2,(H,31,35)/t18-,19+/m0/s1. The van der Waals surface area contributed by atoms with E-state index in [1.807, 2.05) is 0 Å². The summed E-state index contributed by atoms with van der Waals surface area (Å²) in [5.74, 6) is -1.85. The molecule has 4 aliphatic rings. The minimum absolute atomic E-state index is 0.00301. The van der Waals surface area contributed by atoms with E-state index in [1.54, 1.807) is 21.9 Å². The van der Waals surface area contributed by atoms with Crippen LogP contribution in [0, 0.1) is 11.7 Å². The Hall–Kier alpha value is -3.36. The first kappa shape index (κ1) is 24.0. The van der Waals surface area contributed by atoms with E-state index in [9.17, 15) is 23.6 Å². The lowest BCUT2D eigenvalue weighted by atomic mass is 9.90. The molecular formula is C28H31FN4O4. The van der Waals surface area contributed by atoms with Crippen molar-refractivity contribution in [3.8, 4) is 0 Å². The highest BCUT2D eigenvalue weighted by Gasteiger charge is 2.49. The zero-order valence-electron chi connectivity index (χ0n) is 20.8. The van der Waals surface area contributed by atoms with Gasteiger partial charge >= 0.3 is 0 Å². The van der Waals surface area contributed by atoms with E-state index >= 15 is 0 Å². The molecule has 2 aliphatic carbocycles.